The number of aliphatic imine (C=N–C) groups is 1. The Morgan fingerprint density at radius 3 is 2.56 bits per heavy atom. The Kier molecular flexibility index (Phi) is 8.64. The summed E-state index contributed by atoms with van der Waals surface area (Å²) in [6.07, 6.45) is 1.05. The molecule has 0 aliphatic heterocycles. The Bertz CT molecular complexity index is 325. The highest BCUT2D eigenvalue weighted by molar-refractivity contribution is 14.0. The molecule has 0 aliphatic carbocycles. The van der Waals surface area contributed by atoms with E-state index in [1.807, 2.05) is 24.3 Å². The maximum absolute atomic E-state index is 5.67. The topological polar surface area (TPSA) is 50.4 Å². The van der Waals surface area contributed by atoms with Crippen molar-refractivity contribution in [2.24, 2.45) is 10.7 Å². The molecule has 0 bridgehead atoms. The van der Waals surface area contributed by atoms with Crippen molar-refractivity contribution in [3.63, 3.8) is 0 Å². The van der Waals surface area contributed by atoms with Crippen molar-refractivity contribution in [1.29, 1.82) is 0 Å². The van der Waals surface area contributed by atoms with Crippen molar-refractivity contribution in [3.8, 4) is 0 Å². The van der Waals surface area contributed by atoms with E-state index in [0.29, 0.717) is 12.5 Å². The van der Waals surface area contributed by atoms with E-state index in [9.17, 15) is 0 Å². The zero-order valence-electron chi connectivity index (χ0n) is 9.24. The fraction of sp³-hybridized carbons (Fsp3) is 0.364. The van der Waals surface area contributed by atoms with Crippen LogP contribution in [0.25, 0.3) is 0 Å². The molecular weight excluding hydrogens is 381 g/mol. The number of benzene rings is 1. The first-order chi connectivity index (χ1) is 7.22. The lowest BCUT2D eigenvalue weighted by atomic mass is 10.2. The number of hydrogen-bond acceptors (Lipinski definition) is 1. The molecule has 0 aliphatic rings. The summed E-state index contributed by atoms with van der Waals surface area (Å²) in [5, 5.41) is 3.03. The Balaban J connectivity index is 0.00000225. The number of hydrogen-bond donors (Lipinski definition) is 2. The minimum Gasteiger partial charge on any atom is -0.370 e. The number of nitrogens with one attached hydrogen (secondary N) is 1. The summed E-state index contributed by atoms with van der Waals surface area (Å²) in [6, 6.07) is 8.06. The highest BCUT2D eigenvalue weighted by Crippen LogP contribution is 2.10. The van der Waals surface area contributed by atoms with Gasteiger partial charge in [0.15, 0.2) is 5.96 Å². The third-order valence-electron chi connectivity index (χ3n) is 1.90. The smallest absolute Gasteiger partial charge is 0.188 e. The first-order valence-corrected chi connectivity index (χ1v) is 5.80. The molecule has 0 amide bonds. The quantitative estimate of drug-likeness (QED) is 0.466. The summed E-state index contributed by atoms with van der Waals surface area (Å²) in [5.74, 6) is 0.514. The largest absolute Gasteiger partial charge is 0.370 e. The van der Waals surface area contributed by atoms with Gasteiger partial charge < -0.3 is 11.1 Å². The van der Waals surface area contributed by atoms with Crippen molar-refractivity contribution >= 4 is 45.9 Å². The first kappa shape index (κ1) is 15.7. The third kappa shape index (κ3) is 6.32. The van der Waals surface area contributed by atoms with Gasteiger partial charge in [0.2, 0.25) is 0 Å². The molecule has 5 heteroatoms. The van der Waals surface area contributed by atoms with Crippen LogP contribution >= 0.6 is 39.9 Å². The molecule has 3 N–H and O–H groups in total. The first-order valence-electron chi connectivity index (χ1n) is 5.00. The van der Waals surface area contributed by atoms with Gasteiger partial charge in [0.05, 0.1) is 6.54 Å². The second-order valence-corrected chi connectivity index (χ2v) is 4.17. The minimum absolute atomic E-state index is 0. The van der Waals surface area contributed by atoms with Crippen LogP contribution in [0.1, 0.15) is 18.9 Å². The van der Waals surface area contributed by atoms with Gasteiger partial charge in [-0.3, -0.25) is 0 Å². The van der Waals surface area contributed by atoms with Crippen molar-refractivity contribution in [3.05, 3.63) is 34.3 Å². The molecule has 0 atom stereocenters. The Labute approximate surface area is 122 Å². The van der Waals surface area contributed by atoms with Crippen LogP contribution in [0.2, 0.25) is 0 Å². The second kappa shape index (κ2) is 8.81. The maximum atomic E-state index is 5.67. The molecule has 90 valence electrons. The fourth-order valence-corrected chi connectivity index (χ4v) is 1.34. The molecule has 3 nitrogen and oxygen atoms in total. The van der Waals surface area contributed by atoms with Gasteiger partial charge in [-0.15, -0.1) is 24.0 Å². The molecule has 1 rings (SSSR count). The molecule has 0 radical (unpaired) electrons. The number of nitrogens with two attached hydrogens (primary N) is 1. The molecule has 0 fully saturated rings. The molecule has 1 aromatic rings. The van der Waals surface area contributed by atoms with E-state index in [2.05, 4.69) is 33.2 Å². The lowest BCUT2D eigenvalue weighted by molar-refractivity contribution is 0.825. The lowest BCUT2D eigenvalue weighted by Gasteiger charge is -2.03. The van der Waals surface area contributed by atoms with Crippen LogP contribution in [-0.4, -0.2) is 12.5 Å². The summed E-state index contributed by atoms with van der Waals surface area (Å²) in [5.41, 5.74) is 6.82. The Hall–Kier alpha value is -0.300. The molecule has 0 aromatic heterocycles. The molecule has 0 saturated heterocycles. The normalized spacial score (nSPS) is 10.8. The van der Waals surface area contributed by atoms with Crippen LogP contribution in [0, 0.1) is 0 Å². The summed E-state index contributed by atoms with van der Waals surface area (Å²) >= 11 is 3.39. The number of rotatable bonds is 4. The SMILES string of the molecule is CCCNC(N)=NCc1ccc(Br)cc1.I. The summed E-state index contributed by atoms with van der Waals surface area (Å²) in [4.78, 5) is 4.23. The fourth-order valence-electron chi connectivity index (χ4n) is 1.08. The maximum Gasteiger partial charge on any atom is 0.188 e. The molecule has 0 unspecified atom stereocenters. The molecule has 0 spiro atoms. The third-order valence-corrected chi connectivity index (χ3v) is 2.43. The van der Waals surface area contributed by atoms with Crippen LogP contribution < -0.4 is 11.1 Å². The predicted octanol–water partition coefficient (Wildman–Crippen LogP) is 2.88. The van der Waals surface area contributed by atoms with Crippen LogP contribution in [-0.2, 0) is 6.54 Å². The van der Waals surface area contributed by atoms with E-state index in [4.69, 9.17) is 5.73 Å². The van der Waals surface area contributed by atoms with Crippen LogP contribution in [0.3, 0.4) is 0 Å². The minimum atomic E-state index is 0. The lowest BCUT2D eigenvalue weighted by Crippen LogP contribution is -2.32. The van der Waals surface area contributed by atoms with E-state index < -0.39 is 0 Å². The van der Waals surface area contributed by atoms with Gasteiger partial charge >= 0.3 is 0 Å². The van der Waals surface area contributed by atoms with E-state index in [0.717, 1.165) is 23.0 Å². The highest BCUT2D eigenvalue weighted by atomic mass is 127. The van der Waals surface area contributed by atoms with Gasteiger partial charge in [-0.25, -0.2) is 4.99 Å². The van der Waals surface area contributed by atoms with Crippen molar-refractivity contribution in [2.75, 3.05) is 6.54 Å². The number of guanidine groups is 1. The van der Waals surface area contributed by atoms with Gasteiger partial charge in [0, 0.05) is 11.0 Å². The van der Waals surface area contributed by atoms with E-state index in [1.165, 1.54) is 0 Å². The standard InChI is InChI=1S/C11H16BrN3.HI/c1-2-7-14-11(13)15-8-9-3-5-10(12)6-4-9;/h3-6H,2,7-8H2,1H3,(H3,13,14,15);1H. The Morgan fingerprint density at radius 1 is 1.38 bits per heavy atom. The number of nitrogens with zero attached hydrogens (tertiary/aromatic N) is 1. The summed E-state index contributed by atoms with van der Waals surface area (Å²) in [7, 11) is 0. The number of halogens is 2. The predicted molar refractivity (Wildman–Crippen MR) is 83.2 cm³/mol. The van der Waals surface area contributed by atoms with Gasteiger partial charge in [-0.1, -0.05) is 35.0 Å². The van der Waals surface area contributed by atoms with Crippen molar-refractivity contribution < 1.29 is 0 Å². The van der Waals surface area contributed by atoms with E-state index in [-0.39, 0.29) is 24.0 Å². The molecule has 0 saturated carbocycles. The average molecular weight is 398 g/mol. The van der Waals surface area contributed by atoms with Crippen molar-refractivity contribution in [1.82, 2.24) is 5.32 Å². The van der Waals surface area contributed by atoms with Crippen molar-refractivity contribution in [2.45, 2.75) is 19.9 Å². The van der Waals surface area contributed by atoms with E-state index >= 15 is 0 Å². The zero-order chi connectivity index (χ0) is 11.1. The van der Waals surface area contributed by atoms with E-state index in [1.54, 1.807) is 0 Å². The summed E-state index contributed by atoms with van der Waals surface area (Å²) < 4.78 is 1.08. The molecular formula is C11H17BrIN3. The van der Waals surface area contributed by atoms with Crippen LogP contribution in [0.5, 0.6) is 0 Å². The molecule has 16 heavy (non-hydrogen) atoms. The zero-order valence-corrected chi connectivity index (χ0v) is 13.2. The van der Waals surface area contributed by atoms with Gasteiger partial charge in [0.25, 0.3) is 0 Å². The monoisotopic (exact) mass is 397 g/mol. The van der Waals surface area contributed by atoms with Gasteiger partial charge in [-0.2, -0.15) is 0 Å². The Morgan fingerprint density at radius 2 is 2.00 bits per heavy atom. The highest BCUT2D eigenvalue weighted by Gasteiger charge is 1.92. The molecule has 0 heterocycles. The van der Waals surface area contributed by atoms with Gasteiger partial charge in [0.1, 0.15) is 0 Å². The second-order valence-electron chi connectivity index (χ2n) is 3.25. The molecule has 1 aromatic carbocycles. The average Bonchev–Trinajstić information content (AvgIpc) is 2.25. The van der Waals surface area contributed by atoms with Gasteiger partial charge in [-0.05, 0) is 24.1 Å². The van der Waals surface area contributed by atoms with Crippen LogP contribution in [0.4, 0.5) is 0 Å². The van der Waals surface area contributed by atoms with Crippen LogP contribution in [0.15, 0.2) is 33.7 Å². The summed E-state index contributed by atoms with van der Waals surface area (Å²) in [6.45, 7) is 3.58.